The van der Waals surface area contributed by atoms with Crippen LogP contribution >= 0.6 is 0 Å². The Balaban J connectivity index is 2.42. The normalized spacial score (nSPS) is 14.3. The van der Waals surface area contributed by atoms with E-state index < -0.39 is 24.5 Å². The first-order chi connectivity index (χ1) is 19.4. The van der Waals surface area contributed by atoms with Gasteiger partial charge >= 0.3 is 11.9 Å². The van der Waals surface area contributed by atoms with E-state index in [-0.39, 0.29) is 11.1 Å². The van der Waals surface area contributed by atoms with Gasteiger partial charge < -0.3 is 28.4 Å². The number of ether oxygens (including phenoxy) is 6. The molecule has 8 heteroatoms. The van der Waals surface area contributed by atoms with E-state index in [1.165, 1.54) is 50.7 Å². The highest BCUT2D eigenvalue weighted by Gasteiger charge is 2.22. The van der Waals surface area contributed by atoms with Crippen molar-refractivity contribution in [2.24, 2.45) is 11.8 Å². The van der Waals surface area contributed by atoms with E-state index in [1.807, 2.05) is 0 Å². The zero-order valence-electron chi connectivity index (χ0n) is 25.8. The minimum Gasteiger partial charge on any atom is -0.432 e. The van der Waals surface area contributed by atoms with Crippen LogP contribution in [0, 0.1) is 11.8 Å². The van der Waals surface area contributed by atoms with E-state index in [2.05, 4.69) is 27.7 Å². The van der Waals surface area contributed by atoms with Crippen LogP contribution in [-0.2, 0) is 28.4 Å². The van der Waals surface area contributed by atoms with E-state index in [1.54, 1.807) is 26.0 Å². The van der Waals surface area contributed by atoms with E-state index in [0.29, 0.717) is 51.5 Å². The summed E-state index contributed by atoms with van der Waals surface area (Å²) in [5.74, 6) is -0.215. The first kappa shape index (κ1) is 36.0. The van der Waals surface area contributed by atoms with Gasteiger partial charge in [0.2, 0.25) is 12.6 Å². The Morgan fingerprint density at radius 2 is 1.05 bits per heavy atom. The molecule has 0 radical (unpaired) electrons. The zero-order chi connectivity index (χ0) is 29.6. The summed E-state index contributed by atoms with van der Waals surface area (Å²) in [5.41, 5.74) is 0.211. The van der Waals surface area contributed by atoms with E-state index in [9.17, 15) is 9.59 Å². The van der Waals surface area contributed by atoms with Crippen LogP contribution in [0.4, 0.5) is 0 Å². The number of carbonyl (C=O) groups excluding carboxylic acids is 2. The zero-order valence-corrected chi connectivity index (χ0v) is 25.8. The van der Waals surface area contributed by atoms with Crippen molar-refractivity contribution in [2.75, 3.05) is 39.6 Å². The van der Waals surface area contributed by atoms with Gasteiger partial charge in [-0.3, -0.25) is 0 Å². The lowest BCUT2D eigenvalue weighted by molar-refractivity contribution is -0.113. The maximum absolute atomic E-state index is 12.8. The highest BCUT2D eigenvalue weighted by Crippen LogP contribution is 2.16. The topological polar surface area (TPSA) is 89.5 Å². The number of carbonyl (C=O) groups is 2. The van der Waals surface area contributed by atoms with Crippen molar-refractivity contribution in [2.45, 2.75) is 105 Å². The molecule has 1 aromatic carbocycles. The molecule has 0 saturated carbocycles. The molecule has 0 saturated heterocycles. The van der Waals surface area contributed by atoms with Crippen molar-refractivity contribution in [1.82, 2.24) is 0 Å². The Morgan fingerprint density at radius 3 is 1.40 bits per heavy atom. The van der Waals surface area contributed by atoms with Crippen molar-refractivity contribution >= 4 is 11.9 Å². The molecule has 1 aromatic rings. The number of unbranched alkanes of at least 4 members (excludes halogenated alkanes) is 2. The lowest BCUT2D eigenvalue weighted by atomic mass is 10.0. The Morgan fingerprint density at radius 1 is 0.650 bits per heavy atom. The van der Waals surface area contributed by atoms with Gasteiger partial charge in [-0.1, -0.05) is 78.4 Å². The molecule has 8 nitrogen and oxygen atoms in total. The molecule has 0 fully saturated rings. The summed E-state index contributed by atoms with van der Waals surface area (Å²) in [5, 5.41) is 0. The van der Waals surface area contributed by atoms with Crippen LogP contribution < -0.4 is 0 Å². The monoisotopic (exact) mass is 566 g/mol. The fourth-order valence-electron chi connectivity index (χ4n) is 4.18. The van der Waals surface area contributed by atoms with Crippen LogP contribution in [0.5, 0.6) is 0 Å². The molecule has 0 aliphatic heterocycles. The Labute approximate surface area is 242 Å². The minimum atomic E-state index is -0.793. The molecule has 0 aliphatic carbocycles. The van der Waals surface area contributed by atoms with Crippen LogP contribution in [0.1, 0.15) is 114 Å². The molecule has 0 spiro atoms. The summed E-state index contributed by atoms with van der Waals surface area (Å²) in [4.78, 5) is 25.6. The third kappa shape index (κ3) is 15.7. The standard InChI is InChI=1S/C32H54O8/c1-7-11-15-27(9-3)23-35-19-21-37-25(5)39-31(33)29-17-13-14-18-30(29)32(34)40-26(6)38-22-20-36-24-28(10-4)16-12-8-2/h13-14,17-18,25-28H,7-12,15-16,19-24H2,1-6H3. The number of rotatable bonds is 24. The molecular weight excluding hydrogens is 512 g/mol. The van der Waals surface area contributed by atoms with Gasteiger partial charge in [0.15, 0.2) is 0 Å². The van der Waals surface area contributed by atoms with Gasteiger partial charge in [-0.2, -0.15) is 0 Å². The van der Waals surface area contributed by atoms with Crippen molar-refractivity contribution in [3.63, 3.8) is 0 Å². The van der Waals surface area contributed by atoms with Crippen molar-refractivity contribution in [1.29, 1.82) is 0 Å². The van der Waals surface area contributed by atoms with Crippen molar-refractivity contribution in [3.05, 3.63) is 35.4 Å². The van der Waals surface area contributed by atoms with Crippen molar-refractivity contribution in [3.8, 4) is 0 Å². The summed E-state index contributed by atoms with van der Waals surface area (Å²) in [7, 11) is 0. The maximum Gasteiger partial charge on any atom is 0.341 e. The van der Waals surface area contributed by atoms with Gasteiger partial charge in [-0.05, 0) is 50.7 Å². The molecule has 4 atom stereocenters. The number of benzene rings is 1. The summed E-state index contributed by atoms with van der Waals surface area (Å²) in [6.45, 7) is 14.9. The lowest BCUT2D eigenvalue weighted by Crippen LogP contribution is -2.24. The molecule has 0 aromatic heterocycles. The van der Waals surface area contributed by atoms with Crippen molar-refractivity contribution < 1.29 is 38.0 Å². The molecule has 0 bridgehead atoms. The molecule has 4 unspecified atom stereocenters. The smallest absolute Gasteiger partial charge is 0.341 e. The average molecular weight is 567 g/mol. The first-order valence-corrected chi connectivity index (χ1v) is 15.3. The third-order valence-corrected chi connectivity index (χ3v) is 6.87. The quantitative estimate of drug-likeness (QED) is 0.0738. The SMILES string of the molecule is CCCCC(CC)COCCOC(C)OC(=O)c1ccccc1C(=O)OC(C)OCCOCC(CC)CCCC. The van der Waals surface area contributed by atoms with E-state index in [4.69, 9.17) is 28.4 Å². The fraction of sp³-hybridized carbons (Fsp3) is 0.750. The summed E-state index contributed by atoms with van der Waals surface area (Å²) >= 11 is 0. The summed E-state index contributed by atoms with van der Waals surface area (Å²) in [6, 6.07) is 6.38. The molecular formula is C32H54O8. The first-order valence-electron chi connectivity index (χ1n) is 15.3. The second kappa shape index (κ2) is 22.7. The summed E-state index contributed by atoms with van der Waals surface area (Å²) < 4.78 is 33.5. The van der Waals surface area contributed by atoms with Gasteiger partial charge in [0.1, 0.15) is 0 Å². The second-order valence-corrected chi connectivity index (χ2v) is 10.2. The summed E-state index contributed by atoms with van der Waals surface area (Å²) in [6.07, 6.45) is 7.72. The third-order valence-electron chi connectivity index (χ3n) is 6.87. The van der Waals surface area contributed by atoms with Crippen LogP contribution in [-0.4, -0.2) is 64.2 Å². The van der Waals surface area contributed by atoms with E-state index in [0.717, 1.165) is 12.8 Å². The van der Waals surface area contributed by atoms with Gasteiger partial charge in [0, 0.05) is 13.2 Å². The molecule has 0 aliphatic rings. The Bertz CT molecular complexity index is 734. The Kier molecular flexibility index (Phi) is 20.4. The van der Waals surface area contributed by atoms with Gasteiger partial charge in [0.05, 0.1) is 37.6 Å². The predicted octanol–water partition coefficient (Wildman–Crippen LogP) is 7.19. The number of esters is 2. The fourth-order valence-corrected chi connectivity index (χ4v) is 4.18. The van der Waals surface area contributed by atoms with Crippen LogP contribution in [0.15, 0.2) is 24.3 Å². The molecule has 1 rings (SSSR count). The largest absolute Gasteiger partial charge is 0.432 e. The number of hydrogen-bond donors (Lipinski definition) is 0. The van der Waals surface area contributed by atoms with Crippen LogP contribution in [0.3, 0.4) is 0 Å². The van der Waals surface area contributed by atoms with Gasteiger partial charge in [0.25, 0.3) is 0 Å². The lowest BCUT2D eigenvalue weighted by Gasteiger charge is -2.18. The highest BCUT2D eigenvalue weighted by molar-refractivity contribution is 6.03. The van der Waals surface area contributed by atoms with Crippen LogP contribution in [0.25, 0.3) is 0 Å². The highest BCUT2D eigenvalue weighted by atomic mass is 16.7. The van der Waals surface area contributed by atoms with Crippen LogP contribution in [0.2, 0.25) is 0 Å². The predicted molar refractivity (Wildman–Crippen MR) is 156 cm³/mol. The molecule has 40 heavy (non-hydrogen) atoms. The van der Waals surface area contributed by atoms with E-state index >= 15 is 0 Å². The Hall–Kier alpha value is -2.00. The molecule has 230 valence electrons. The minimum absolute atomic E-state index is 0.106. The molecule has 0 amide bonds. The maximum atomic E-state index is 12.8. The van der Waals surface area contributed by atoms with Gasteiger partial charge in [-0.15, -0.1) is 0 Å². The molecule has 0 heterocycles. The number of hydrogen-bond acceptors (Lipinski definition) is 8. The average Bonchev–Trinajstić information content (AvgIpc) is 2.95. The molecule has 0 N–H and O–H groups in total. The van der Waals surface area contributed by atoms with Gasteiger partial charge in [-0.25, -0.2) is 9.59 Å². The second-order valence-electron chi connectivity index (χ2n) is 10.2.